The van der Waals surface area contributed by atoms with Crippen molar-refractivity contribution in [3.63, 3.8) is 0 Å². The summed E-state index contributed by atoms with van der Waals surface area (Å²) in [5.41, 5.74) is 5.88. The third-order valence-electron chi connectivity index (χ3n) is 4.96. The van der Waals surface area contributed by atoms with Crippen molar-refractivity contribution in [2.75, 3.05) is 12.8 Å². The summed E-state index contributed by atoms with van der Waals surface area (Å²) in [5.74, 6) is 0.227. The molecule has 4 rings (SSSR count). The van der Waals surface area contributed by atoms with Crippen molar-refractivity contribution in [1.29, 1.82) is 0 Å². The minimum absolute atomic E-state index is 0.0468. The van der Waals surface area contributed by atoms with Crippen LogP contribution < -0.4 is 10.5 Å². The molecule has 2 unspecified atom stereocenters. The number of aromatic nitrogens is 1. The van der Waals surface area contributed by atoms with E-state index < -0.39 is 23.6 Å². The van der Waals surface area contributed by atoms with E-state index in [1.807, 2.05) is 0 Å². The molecular weight excluding hydrogens is 399 g/mol. The van der Waals surface area contributed by atoms with Gasteiger partial charge in [0.1, 0.15) is 17.7 Å². The molecule has 1 aromatic carbocycles. The van der Waals surface area contributed by atoms with Crippen molar-refractivity contribution in [3.8, 4) is 11.5 Å². The van der Waals surface area contributed by atoms with E-state index in [2.05, 4.69) is 15.1 Å². The van der Waals surface area contributed by atoms with E-state index in [9.17, 15) is 18.3 Å². The Morgan fingerprint density at radius 2 is 1.97 bits per heavy atom. The van der Waals surface area contributed by atoms with Gasteiger partial charge in [0.05, 0.1) is 24.4 Å². The summed E-state index contributed by atoms with van der Waals surface area (Å²) in [6.07, 6.45) is 0.163. The maximum atomic E-state index is 13.3. The Kier molecular flexibility index (Phi) is 4.64. The Hall–Kier alpha value is -3.56. The number of hydrazone groups is 1. The van der Waals surface area contributed by atoms with Crippen molar-refractivity contribution in [2.45, 2.75) is 25.2 Å². The zero-order valence-corrected chi connectivity index (χ0v) is 16.1. The van der Waals surface area contributed by atoms with Crippen LogP contribution in [0.5, 0.6) is 11.5 Å². The highest BCUT2D eigenvalue weighted by Crippen LogP contribution is 2.39. The summed E-state index contributed by atoms with van der Waals surface area (Å²) in [6, 6.07) is 4.89. The number of rotatable bonds is 3. The van der Waals surface area contributed by atoms with Gasteiger partial charge in [0.15, 0.2) is 11.5 Å². The molecule has 0 saturated carbocycles. The fourth-order valence-corrected chi connectivity index (χ4v) is 3.52. The Morgan fingerprint density at radius 1 is 1.20 bits per heavy atom. The van der Waals surface area contributed by atoms with Gasteiger partial charge in [-0.15, -0.1) is 0 Å². The Balaban J connectivity index is 1.73. The number of amidine groups is 1. The van der Waals surface area contributed by atoms with Gasteiger partial charge >= 0.3 is 6.18 Å². The van der Waals surface area contributed by atoms with Crippen molar-refractivity contribution in [2.24, 2.45) is 10.1 Å². The molecule has 0 radical (unpaired) electrons. The first-order chi connectivity index (χ1) is 14.2. The average Bonchev–Trinajstić information content (AvgIpc) is 3.02. The molecule has 2 aliphatic rings. The molecule has 0 saturated heterocycles. The van der Waals surface area contributed by atoms with Crippen molar-refractivity contribution < 1.29 is 23.0 Å². The molecular formula is C20H18F3N5O2. The first-order valence-corrected chi connectivity index (χ1v) is 9.02. The topological polar surface area (TPSA) is 96.3 Å². The highest BCUT2D eigenvalue weighted by molar-refractivity contribution is 6.14. The minimum Gasteiger partial charge on any atom is -0.504 e. The molecule has 2 atom stereocenters. The second-order valence-corrected chi connectivity index (χ2v) is 6.92. The number of benzene rings is 1. The molecule has 0 bridgehead atoms. The monoisotopic (exact) mass is 417 g/mol. The zero-order chi connectivity index (χ0) is 21.6. The Bertz CT molecular complexity index is 1090. The Labute approximate surface area is 170 Å². The number of methoxy groups -OCH3 is 1. The number of fused-ring (bicyclic) bond motifs is 1. The number of allylic oxidation sites excluding steroid dienone is 1. The van der Waals surface area contributed by atoms with E-state index in [1.54, 1.807) is 36.2 Å². The molecule has 0 spiro atoms. The molecule has 0 aliphatic carbocycles. The van der Waals surface area contributed by atoms with Gasteiger partial charge < -0.3 is 15.6 Å². The number of nitrogen functional groups attached to an aromatic ring is 1. The third-order valence-corrected chi connectivity index (χ3v) is 4.96. The molecule has 2 aliphatic heterocycles. The van der Waals surface area contributed by atoms with E-state index in [0.717, 1.165) is 6.07 Å². The van der Waals surface area contributed by atoms with E-state index in [-0.39, 0.29) is 11.8 Å². The molecule has 7 nitrogen and oxygen atoms in total. The molecule has 156 valence electrons. The lowest BCUT2D eigenvalue weighted by molar-refractivity contribution is -0.137. The summed E-state index contributed by atoms with van der Waals surface area (Å²) in [6.45, 7) is 1.79. The number of aliphatic imine (C=N–C) groups is 1. The summed E-state index contributed by atoms with van der Waals surface area (Å²) >= 11 is 0. The van der Waals surface area contributed by atoms with Gasteiger partial charge in [-0.2, -0.15) is 18.3 Å². The van der Waals surface area contributed by atoms with Gasteiger partial charge in [-0.1, -0.05) is 0 Å². The third kappa shape index (κ3) is 3.34. The highest BCUT2D eigenvalue weighted by Gasteiger charge is 2.39. The van der Waals surface area contributed by atoms with Gasteiger partial charge in [-0.05, 0) is 48.9 Å². The number of phenols is 1. The van der Waals surface area contributed by atoms with E-state index >= 15 is 0 Å². The number of pyridine rings is 1. The van der Waals surface area contributed by atoms with Gasteiger partial charge in [-0.3, -0.25) is 4.99 Å². The zero-order valence-electron chi connectivity index (χ0n) is 16.1. The van der Waals surface area contributed by atoms with Crippen LogP contribution in [0.4, 0.5) is 19.0 Å². The maximum Gasteiger partial charge on any atom is 0.419 e. The van der Waals surface area contributed by atoms with E-state index in [1.165, 1.54) is 19.4 Å². The van der Waals surface area contributed by atoms with Crippen LogP contribution in [0.2, 0.25) is 0 Å². The molecule has 10 heteroatoms. The predicted octanol–water partition coefficient (Wildman–Crippen LogP) is 3.51. The second-order valence-electron chi connectivity index (χ2n) is 6.92. The van der Waals surface area contributed by atoms with Crippen LogP contribution in [0.25, 0.3) is 0 Å². The van der Waals surface area contributed by atoms with Crippen LogP contribution in [0.3, 0.4) is 0 Å². The quantitative estimate of drug-likeness (QED) is 0.797. The lowest BCUT2D eigenvalue weighted by atomic mass is 10.0. The van der Waals surface area contributed by atoms with Crippen molar-refractivity contribution in [1.82, 2.24) is 9.99 Å². The van der Waals surface area contributed by atoms with Crippen LogP contribution in [0.15, 0.2) is 52.7 Å². The number of nitrogens with zero attached hydrogens (tertiary/aromatic N) is 4. The van der Waals surface area contributed by atoms with Gasteiger partial charge in [0.25, 0.3) is 0 Å². The maximum absolute atomic E-state index is 13.3. The number of phenolic OH excluding ortho intramolecular Hbond substituents is 1. The number of hydrogen-bond donors (Lipinski definition) is 2. The summed E-state index contributed by atoms with van der Waals surface area (Å²) < 4.78 is 44.9. The minimum atomic E-state index is -4.62. The number of alkyl halides is 3. The van der Waals surface area contributed by atoms with Crippen LogP contribution >= 0.6 is 0 Å². The van der Waals surface area contributed by atoms with Crippen LogP contribution in [0, 0.1) is 0 Å². The molecule has 3 N–H and O–H groups in total. The van der Waals surface area contributed by atoms with Gasteiger partial charge in [0.2, 0.25) is 0 Å². The smallest absolute Gasteiger partial charge is 0.419 e. The number of aromatic hydroxyl groups is 1. The fourth-order valence-electron chi connectivity index (χ4n) is 3.52. The number of halogens is 3. The highest BCUT2D eigenvalue weighted by atomic mass is 19.4. The second kappa shape index (κ2) is 7.05. The molecule has 30 heavy (non-hydrogen) atoms. The summed E-state index contributed by atoms with van der Waals surface area (Å²) in [5, 5.41) is 16.2. The molecule has 0 fully saturated rings. The lowest BCUT2D eigenvalue weighted by Gasteiger charge is -2.27. The molecule has 3 heterocycles. The first kappa shape index (κ1) is 19.7. The molecule has 0 amide bonds. The Morgan fingerprint density at radius 3 is 2.63 bits per heavy atom. The summed E-state index contributed by atoms with van der Waals surface area (Å²) in [7, 11) is 1.45. The standard InChI is InChI=1S/C20H18F3N5O2/c1-10-18(12-7-13(20(21,22)23)19(24)25-9-12)28-17(26-10)6-4-14(27-28)11-3-5-16(30-2)15(29)8-11/h3-10,18,29H,1-2H3,(H2,24,25). The number of ether oxygens (including phenoxy) is 1. The van der Waals surface area contributed by atoms with E-state index in [4.69, 9.17) is 10.5 Å². The number of nitrogens with two attached hydrogens (primary N) is 1. The first-order valence-electron chi connectivity index (χ1n) is 9.02. The van der Waals surface area contributed by atoms with Crippen molar-refractivity contribution >= 4 is 17.4 Å². The lowest BCUT2D eigenvalue weighted by Crippen LogP contribution is -2.31. The average molecular weight is 417 g/mol. The van der Waals surface area contributed by atoms with E-state index in [0.29, 0.717) is 28.4 Å². The van der Waals surface area contributed by atoms with Gasteiger partial charge in [0, 0.05) is 11.8 Å². The summed E-state index contributed by atoms with van der Waals surface area (Å²) in [4.78, 5) is 8.23. The van der Waals surface area contributed by atoms with Crippen LogP contribution in [-0.4, -0.2) is 39.8 Å². The van der Waals surface area contributed by atoms with Crippen LogP contribution in [0.1, 0.15) is 29.7 Å². The number of anilines is 1. The fraction of sp³-hybridized carbons (Fsp3) is 0.250. The predicted molar refractivity (Wildman–Crippen MR) is 105 cm³/mol. The number of hydrogen-bond acceptors (Lipinski definition) is 7. The molecule has 1 aromatic heterocycles. The van der Waals surface area contributed by atoms with Crippen molar-refractivity contribution in [3.05, 3.63) is 59.3 Å². The molecule has 2 aromatic rings. The van der Waals surface area contributed by atoms with Crippen LogP contribution in [-0.2, 0) is 6.18 Å². The normalized spacial score (nSPS) is 20.6. The SMILES string of the molecule is COc1ccc(C2=NN3C(=NC(C)C3c3cnc(N)c(C(F)(F)F)c3)C=C2)cc1O. The largest absolute Gasteiger partial charge is 0.504 e. The van der Waals surface area contributed by atoms with Gasteiger partial charge in [-0.25, -0.2) is 9.99 Å².